The molecule has 0 spiro atoms. The smallest absolute Gasteiger partial charge is 0.317 e. The third kappa shape index (κ3) is 15.3. The van der Waals surface area contributed by atoms with E-state index in [-0.39, 0.29) is 17.8 Å². The third-order valence-corrected chi connectivity index (χ3v) is 5.26. The zero-order chi connectivity index (χ0) is 30.5. The van der Waals surface area contributed by atoms with Crippen LogP contribution < -0.4 is 10.6 Å². The number of amidine groups is 1. The van der Waals surface area contributed by atoms with Crippen LogP contribution in [0.3, 0.4) is 0 Å². The molecule has 0 saturated heterocycles. The first-order valence-electron chi connectivity index (χ1n) is 12.9. The van der Waals surface area contributed by atoms with Crippen molar-refractivity contribution in [3.05, 3.63) is 71.3 Å². The van der Waals surface area contributed by atoms with E-state index in [0.717, 1.165) is 36.8 Å². The molecular weight excluding hydrogens is 502 g/mol. The number of para-hydroxylation sites is 1. The Labute approximate surface area is 233 Å². The topological polar surface area (TPSA) is 94.0 Å². The lowest BCUT2D eigenvalue weighted by Crippen LogP contribution is -2.43. The lowest BCUT2D eigenvalue weighted by molar-refractivity contribution is -0.106. The number of rotatable bonds is 7. The summed E-state index contributed by atoms with van der Waals surface area (Å²) in [5.41, 5.74) is 2.96. The number of hydrogen-bond acceptors (Lipinski definition) is 4. The van der Waals surface area contributed by atoms with Crippen LogP contribution in [0.1, 0.15) is 65.5 Å². The van der Waals surface area contributed by atoms with Crippen molar-refractivity contribution in [2.75, 3.05) is 19.4 Å². The number of halogens is 2. The van der Waals surface area contributed by atoms with Gasteiger partial charge in [-0.15, -0.1) is 6.58 Å². The van der Waals surface area contributed by atoms with Gasteiger partial charge in [-0.1, -0.05) is 44.5 Å². The van der Waals surface area contributed by atoms with Gasteiger partial charge in [0.15, 0.2) is 11.6 Å². The van der Waals surface area contributed by atoms with Crippen molar-refractivity contribution in [3.63, 3.8) is 0 Å². The minimum absolute atomic E-state index is 0.138. The summed E-state index contributed by atoms with van der Waals surface area (Å²) in [6.45, 7) is 17.1. The van der Waals surface area contributed by atoms with Crippen LogP contribution in [-0.4, -0.2) is 48.3 Å². The lowest BCUT2D eigenvalue weighted by Gasteiger charge is -2.27. The molecule has 0 heterocycles. The standard InChI is InChI=1S/C16H24N2O2.C10H12F2N2.C2H4O.C2H6/c1-5-14(10-12(2)3)18(4)16(20)17-11-13-8-6-7-9-15(13)19;1-6-4-8(11)9(12)5-10(6)14-7(2)13-3;1-2-3;1-2/h6-9,14,19H,2,5,10-11H2,1,3-4H3,(H,17,20);4-5H,1-3H3,(H,13,14);2H,1H3;1-2H3/t14-;;;/m1.../s1. The number of carbonyl (C=O) groups is 2. The van der Waals surface area contributed by atoms with Gasteiger partial charge in [0.1, 0.15) is 12.0 Å². The Hall–Kier alpha value is -3.75. The molecule has 0 aromatic heterocycles. The Kier molecular flexibility index (Phi) is 20.3. The van der Waals surface area contributed by atoms with Crippen molar-refractivity contribution in [1.82, 2.24) is 10.2 Å². The van der Waals surface area contributed by atoms with Gasteiger partial charge in [0.2, 0.25) is 0 Å². The first kappa shape index (κ1) is 37.4. The molecule has 0 bridgehead atoms. The number of nitrogens with one attached hydrogen (secondary N) is 2. The quantitative estimate of drug-likeness (QED) is 0.147. The van der Waals surface area contributed by atoms with Gasteiger partial charge in [-0.05, 0) is 58.2 Å². The van der Waals surface area contributed by atoms with Gasteiger partial charge in [0, 0.05) is 44.0 Å². The van der Waals surface area contributed by atoms with Crippen LogP contribution in [0.15, 0.2) is 53.5 Å². The Bertz CT molecular complexity index is 1060. The summed E-state index contributed by atoms with van der Waals surface area (Å²) >= 11 is 0. The van der Waals surface area contributed by atoms with E-state index in [1.807, 2.05) is 26.8 Å². The van der Waals surface area contributed by atoms with E-state index in [1.54, 1.807) is 51.0 Å². The second-order valence-corrected chi connectivity index (χ2v) is 8.37. The van der Waals surface area contributed by atoms with Gasteiger partial charge in [-0.25, -0.2) is 13.6 Å². The molecule has 9 heteroatoms. The Morgan fingerprint density at radius 3 is 2.21 bits per heavy atom. The SMILES string of the molecule is C=C(C)C[C@@H](CC)N(C)C(=O)NCc1ccccc1O.CC.CC=O.CN=C(C)Nc1cc(F)c(F)cc1C. The predicted molar refractivity (Wildman–Crippen MR) is 158 cm³/mol. The highest BCUT2D eigenvalue weighted by molar-refractivity contribution is 5.94. The minimum atomic E-state index is -0.859. The van der Waals surface area contributed by atoms with Crippen LogP contribution in [0.25, 0.3) is 0 Å². The van der Waals surface area contributed by atoms with Crippen molar-refractivity contribution in [2.45, 2.75) is 73.9 Å². The van der Waals surface area contributed by atoms with E-state index in [4.69, 9.17) is 4.79 Å². The van der Waals surface area contributed by atoms with Gasteiger partial charge in [-0.2, -0.15) is 0 Å². The summed E-state index contributed by atoms with van der Waals surface area (Å²) in [6, 6.07) is 9.29. The number of aryl methyl sites for hydroxylation is 1. The number of anilines is 1. The molecular formula is C30H46F2N4O3. The summed E-state index contributed by atoms with van der Waals surface area (Å²) in [5.74, 6) is -0.843. The van der Waals surface area contributed by atoms with Crippen LogP contribution >= 0.6 is 0 Å². The molecule has 3 N–H and O–H groups in total. The fourth-order valence-electron chi connectivity index (χ4n) is 3.11. The monoisotopic (exact) mass is 548 g/mol. The first-order valence-corrected chi connectivity index (χ1v) is 12.9. The highest BCUT2D eigenvalue weighted by atomic mass is 19.2. The summed E-state index contributed by atoms with van der Waals surface area (Å²) < 4.78 is 25.6. The maximum atomic E-state index is 12.9. The highest BCUT2D eigenvalue weighted by Gasteiger charge is 2.18. The highest BCUT2D eigenvalue weighted by Crippen LogP contribution is 2.19. The number of amides is 2. The van der Waals surface area contributed by atoms with Crippen molar-refractivity contribution in [3.8, 4) is 5.75 Å². The van der Waals surface area contributed by atoms with E-state index >= 15 is 0 Å². The maximum absolute atomic E-state index is 12.9. The van der Waals surface area contributed by atoms with Crippen LogP contribution in [0.2, 0.25) is 0 Å². The number of carbonyl (C=O) groups excluding carboxylic acids is 2. The zero-order valence-electron chi connectivity index (χ0n) is 24.9. The Morgan fingerprint density at radius 2 is 1.72 bits per heavy atom. The number of benzene rings is 2. The number of nitrogens with zero attached hydrogens (tertiary/aromatic N) is 2. The van der Waals surface area contributed by atoms with E-state index < -0.39 is 11.6 Å². The van der Waals surface area contributed by atoms with Crippen molar-refractivity contribution >= 4 is 23.8 Å². The maximum Gasteiger partial charge on any atom is 0.317 e. The van der Waals surface area contributed by atoms with Crippen LogP contribution in [0.5, 0.6) is 5.75 Å². The van der Waals surface area contributed by atoms with Crippen LogP contribution in [0, 0.1) is 18.6 Å². The number of aldehydes is 1. The minimum Gasteiger partial charge on any atom is -0.508 e. The summed E-state index contributed by atoms with van der Waals surface area (Å²) in [5, 5.41) is 15.4. The van der Waals surface area contributed by atoms with E-state index in [0.29, 0.717) is 29.2 Å². The molecule has 0 saturated carbocycles. The second kappa shape index (κ2) is 21.2. The number of urea groups is 1. The van der Waals surface area contributed by atoms with E-state index in [9.17, 15) is 18.7 Å². The lowest BCUT2D eigenvalue weighted by atomic mass is 10.1. The molecule has 0 radical (unpaired) electrons. The molecule has 0 unspecified atom stereocenters. The van der Waals surface area contributed by atoms with Gasteiger partial charge in [0.05, 0.1) is 5.84 Å². The van der Waals surface area contributed by atoms with Gasteiger partial charge in [-0.3, -0.25) is 4.99 Å². The van der Waals surface area contributed by atoms with E-state index in [1.165, 1.54) is 6.92 Å². The Balaban J connectivity index is 0. The van der Waals surface area contributed by atoms with Crippen molar-refractivity contribution in [1.29, 1.82) is 0 Å². The number of hydrogen-bond donors (Lipinski definition) is 3. The average molecular weight is 549 g/mol. The molecule has 0 fully saturated rings. The van der Waals surface area contributed by atoms with Gasteiger partial charge < -0.3 is 25.4 Å². The molecule has 2 rings (SSSR count). The van der Waals surface area contributed by atoms with Gasteiger partial charge in [0.25, 0.3) is 0 Å². The Morgan fingerprint density at radius 1 is 1.18 bits per heavy atom. The zero-order valence-corrected chi connectivity index (χ0v) is 24.9. The predicted octanol–water partition coefficient (Wildman–Crippen LogP) is 7.24. The fraction of sp³-hybridized carbons (Fsp3) is 0.433. The first-order chi connectivity index (χ1) is 18.4. The van der Waals surface area contributed by atoms with Crippen molar-refractivity contribution < 1.29 is 23.5 Å². The molecule has 7 nitrogen and oxygen atoms in total. The average Bonchev–Trinajstić information content (AvgIpc) is 2.91. The second-order valence-electron chi connectivity index (χ2n) is 8.37. The fourth-order valence-corrected chi connectivity index (χ4v) is 3.11. The number of phenols is 1. The van der Waals surface area contributed by atoms with Crippen LogP contribution in [-0.2, 0) is 11.3 Å². The molecule has 0 aliphatic rings. The van der Waals surface area contributed by atoms with Crippen molar-refractivity contribution in [2.24, 2.45) is 4.99 Å². The normalized spacial score (nSPS) is 10.7. The van der Waals surface area contributed by atoms with Gasteiger partial charge >= 0.3 is 6.03 Å². The van der Waals surface area contributed by atoms with E-state index in [2.05, 4.69) is 29.1 Å². The molecule has 2 aromatic rings. The number of phenolic OH excluding ortho intramolecular Hbond substituents is 1. The summed E-state index contributed by atoms with van der Waals surface area (Å²) in [6.07, 6.45) is 2.43. The molecule has 218 valence electrons. The largest absolute Gasteiger partial charge is 0.508 e. The molecule has 2 aromatic carbocycles. The molecule has 0 aliphatic heterocycles. The van der Waals surface area contributed by atoms with Crippen LogP contribution in [0.4, 0.5) is 19.3 Å². The summed E-state index contributed by atoms with van der Waals surface area (Å²) in [7, 11) is 3.41. The third-order valence-electron chi connectivity index (χ3n) is 5.26. The summed E-state index contributed by atoms with van der Waals surface area (Å²) in [4.78, 5) is 26.5. The molecule has 0 aliphatic carbocycles. The molecule has 1 atom stereocenters. The number of aliphatic imine (C=N–C) groups is 1. The molecule has 39 heavy (non-hydrogen) atoms. The molecule has 2 amide bonds. The number of aromatic hydroxyl groups is 1.